The molecule has 114 valence electrons. The Balaban J connectivity index is -0.000000176. The molecular weight excluding hydrogens is 228 g/mol. The molecule has 0 radical (unpaired) electrons. The average Bonchev–Trinajstić information content (AvgIpc) is 2.75. The summed E-state index contributed by atoms with van der Waals surface area (Å²) >= 11 is 0. The second kappa shape index (κ2) is 19.2. The van der Waals surface area contributed by atoms with E-state index >= 15 is 0 Å². The zero-order valence-electron chi connectivity index (χ0n) is 9.71. The van der Waals surface area contributed by atoms with Gasteiger partial charge in [0, 0.05) is 39.6 Å². The highest BCUT2D eigenvalue weighted by molar-refractivity contribution is 4.45. The Bertz CT molecular complexity index is 93.8. The van der Waals surface area contributed by atoms with Crippen LogP contribution in [0.2, 0.25) is 0 Å². The molecule has 3 nitrogen and oxygen atoms in total. The molecule has 3 fully saturated rings. The Labute approximate surface area is 115 Å². The minimum absolute atomic E-state index is 0. The Kier molecular flexibility index (Phi) is 24.6. The monoisotopic (exact) mass is 264 g/mol. The van der Waals surface area contributed by atoms with Gasteiger partial charge in [0.15, 0.2) is 0 Å². The summed E-state index contributed by atoms with van der Waals surface area (Å²) in [4.78, 5) is 0. The zero-order chi connectivity index (χ0) is 10.6. The van der Waals surface area contributed by atoms with Crippen LogP contribution in [0.25, 0.3) is 0 Å². The van der Waals surface area contributed by atoms with E-state index in [1.54, 1.807) is 0 Å². The largest absolute Gasteiger partial charge is 0.381 e. The van der Waals surface area contributed by atoms with Crippen molar-refractivity contribution in [2.45, 2.75) is 60.8 Å². The van der Waals surface area contributed by atoms with Crippen LogP contribution in [-0.4, -0.2) is 39.6 Å². The highest BCUT2D eigenvalue weighted by Gasteiger charge is 1.95. The van der Waals surface area contributed by atoms with E-state index in [-0.39, 0.29) is 22.3 Å². The first kappa shape index (κ1) is 23.0. The Hall–Kier alpha value is -0.120. The summed E-state index contributed by atoms with van der Waals surface area (Å²) in [7, 11) is 0. The molecule has 3 heteroatoms. The first-order valence-corrected chi connectivity index (χ1v) is 6.23. The van der Waals surface area contributed by atoms with E-state index in [0.29, 0.717) is 0 Å². The molecule has 0 amide bonds. The number of hydrogen-bond acceptors (Lipinski definition) is 3. The lowest BCUT2D eigenvalue weighted by atomic mass is 10.2. The van der Waals surface area contributed by atoms with Gasteiger partial charge in [-0.3, -0.25) is 0 Å². The van der Waals surface area contributed by atoms with Crippen LogP contribution in [0.3, 0.4) is 0 Å². The van der Waals surface area contributed by atoms with Gasteiger partial charge in [-0.25, -0.2) is 0 Å². The van der Waals surface area contributed by atoms with Crippen LogP contribution in [0.1, 0.15) is 60.8 Å². The predicted octanol–water partition coefficient (Wildman–Crippen LogP) is 4.30. The van der Waals surface area contributed by atoms with Crippen LogP contribution in [0, 0.1) is 0 Å². The summed E-state index contributed by atoms with van der Waals surface area (Å²) in [6.07, 6.45) is 7.76. The number of ether oxygens (including phenoxy) is 3. The topological polar surface area (TPSA) is 27.7 Å². The molecule has 0 saturated carbocycles. The second-order valence-corrected chi connectivity index (χ2v) is 3.96. The fourth-order valence-corrected chi connectivity index (χ4v) is 1.34. The van der Waals surface area contributed by atoms with Crippen molar-refractivity contribution in [3.63, 3.8) is 0 Å². The van der Waals surface area contributed by atoms with Crippen molar-refractivity contribution >= 4 is 0 Å². The zero-order valence-corrected chi connectivity index (χ0v) is 9.71. The third-order valence-corrected chi connectivity index (χ3v) is 2.48. The lowest BCUT2D eigenvalue weighted by molar-refractivity contribution is 0.0367. The summed E-state index contributed by atoms with van der Waals surface area (Å²) in [6.45, 7) is 6.00. The lowest BCUT2D eigenvalue weighted by Crippen LogP contribution is -2.09. The average molecular weight is 264 g/mol. The van der Waals surface area contributed by atoms with Crippen LogP contribution in [0.4, 0.5) is 0 Å². The third kappa shape index (κ3) is 15.9. The maximum atomic E-state index is 5.07. The standard InChI is InChI=1S/C5H10O.C4H8O.C3H6O.3CH4/c1-2-4-6-5-3-1;1-2-4-5-3-1;1-2-4-3-1;;;/h1-5H2;1-4H2;1-3H2;3*1H4. The molecule has 18 heavy (non-hydrogen) atoms. The summed E-state index contributed by atoms with van der Waals surface area (Å²) in [6, 6.07) is 0. The van der Waals surface area contributed by atoms with Crippen molar-refractivity contribution in [2.75, 3.05) is 39.6 Å². The normalized spacial score (nSPS) is 20.0. The molecule has 0 aromatic carbocycles. The van der Waals surface area contributed by atoms with Gasteiger partial charge in [-0.15, -0.1) is 0 Å². The van der Waals surface area contributed by atoms with E-state index in [2.05, 4.69) is 0 Å². The van der Waals surface area contributed by atoms with Crippen LogP contribution in [-0.2, 0) is 14.2 Å². The van der Waals surface area contributed by atoms with E-state index in [1.807, 2.05) is 0 Å². The predicted molar refractivity (Wildman–Crippen MR) is 80.4 cm³/mol. The van der Waals surface area contributed by atoms with Crippen LogP contribution in [0.5, 0.6) is 0 Å². The summed E-state index contributed by atoms with van der Waals surface area (Å²) in [5.41, 5.74) is 0. The molecule has 3 aliphatic rings. The van der Waals surface area contributed by atoms with E-state index in [9.17, 15) is 0 Å². The van der Waals surface area contributed by atoms with Crippen LogP contribution < -0.4 is 0 Å². The van der Waals surface area contributed by atoms with Gasteiger partial charge in [0.25, 0.3) is 0 Å². The molecule has 3 heterocycles. The third-order valence-electron chi connectivity index (χ3n) is 2.48. The molecular formula is C15H36O3. The fourth-order valence-electron chi connectivity index (χ4n) is 1.34. The van der Waals surface area contributed by atoms with Gasteiger partial charge in [0.2, 0.25) is 0 Å². The van der Waals surface area contributed by atoms with E-state index < -0.39 is 0 Å². The highest BCUT2D eigenvalue weighted by atomic mass is 16.5. The summed E-state index contributed by atoms with van der Waals surface area (Å²) < 4.78 is 14.7. The minimum atomic E-state index is 0. The van der Waals surface area contributed by atoms with Crippen molar-refractivity contribution in [1.29, 1.82) is 0 Å². The molecule has 3 aliphatic heterocycles. The molecule has 3 saturated heterocycles. The van der Waals surface area contributed by atoms with Crippen molar-refractivity contribution in [2.24, 2.45) is 0 Å². The van der Waals surface area contributed by atoms with Gasteiger partial charge >= 0.3 is 0 Å². The molecule has 0 aromatic heterocycles. The molecule has 0 N–H and O–H groups in total. The molecule has 0 aliphatic carbocycles. The molecule has 3 rings (SSSR count). The van der Waals surface area contributed by atoms with Gasteiger partial charge in [0.1, 0.15) is 0 Å². The smallest absolute Gasteiger partial charge is 0.0488 e. The number of hydrogen-bond donors (Lipinski definition) is 0. The van der Waals surface area contributed by atoms with Crippen LogP contribution in [0.15, 0.2) is 0 Å². The van der Waals surface area contributed by atoms with Crippen molar-refractivity contribution in [3.8, 4) is 0 Å². The fraction of sp³-hybridized carbons (Fsp3) is 1.00. The SMILES string of the molecule is C.C.C.C1CCOC1.C1CCOCC1.C1COC1. The molecule has 0 bridgehead atoms. The lowest BCUT2D eigenvalue weighted by Gasteiger charge is -2.09. The Morgan fingerprint density at radius 1 is 0.333 bits per heavy atom. The van der Waals surface area contributed by atoms with E-state index in [1.165, 1.54) is 38.5 Å². The van der Waals surface area contributed by atoms with Gasteiger partial charge in [-0.05, 0) is 38.5 Å². The first-order chi connectivity index (χ1) is 7.50. The van der Waals surface area contributed by atoms with Crippen molar-refractivity contribution < 1.29 is 14.2 Å². The number of rotatable bonds is 0. The summed E-state index contributed by atoms with van der Waals surface area (Å²) in [5.74, 6) is 0. The molecule has 0 unspecified atom stereocenters. The van der Waals surface area contributed by atoms with Gasteiger partial charge in [-0.1, -0.05) is 22.3 Å². The molecule has 0 spiro atoms. The molecule has 0 atom stereocenters. The molecule has 0 aromatic rings. The maximum absolute atomic E-state index is 5.07. The van der Waals surface area contributed by atoms with E-state index in [0.717, 1.165) is 39.6 Å². The highest BCUT2D eigenvalue weighted by Crippen LogP contribution is 2.02. The first-order valence-electron chi connectivity index (χ1n) is 6.23. The van der Waals surface area contributed by atoms with Crippen molar-refractivity contribution in [3.05, 3.63) is 0 Å². The second-order valence-electron chi connectivity index (χ2n) is 3.96. The van der Waals surface area contributed by atoms with E-state index in [4.69, 9.17) is 14.2 Å². The summed E-state index contributed by atoms with van der Waals surface area (Å²) in [5, 5.41) is 0. The van der Waals surface area contributed by atoms with Gasteiger partial charge in [-0.2, -0.15) is 0 Å². The Morgan fingerprint density at radius 2 is 0.611 bits per heavy atom. The maximum Gasteiger partial charge on any atom is 0.0488 e. The van der Waals surface area contributed by atoms with Crippen LogP contribution >= 0.6 is 0 Å². The Morgan fingerprint density at radius 3 is 0.722 bits per heavy atom. The quantitative estimate of drug-likeness (QED) is 0.653. The van der Waals surface area contributed by atoms with Gasteiger partial charge in [0.05, 0.1) is 0 Å². The minimum Gasteiger partial charge on any atom is -0.381 e. The van der Waals surface area contributed by atoms with Crippen molar-refractivity contribution in [1.82, 2.24) is 0 Å². The van der Waals surface area contributed by atoms with Gasteiger partial charge < -0.3 is 14.2 Å².